The molecule has 19 heavy (non-hydrogen) atoms. The Morgan fingerprint density at radius 1 is 1.21 bits per heavy atom. The molecule has 1 heterocycles. The van der Waals surface area contributed by atoms with Gasteiger partial charge >= 0.3 is 5.63 Å². The Balaban J connectivity index is 2.06. The van der Waals surface area contributed by atoms with Crippen LogP contribution in [-0.4, -0.2) is 6.10 Å². The van der Waals surface area contributed by atoms with Crippen LogP contribution in [0.3, 0.4) is 0 Å². The van der Waals surface area contributed by atoms with Gasteiger partial charge in [-0.05, 0) is 38.0 Å². The zero-order valence-electron chi connectivity index (χ0n) is 11.5. The Labute approximate surface area is 113 Å². The van der Waals surface area contributed by atoms with Gasteiger partial charge in [-0.3, -0.25) is 0 Å². The normalized spacial score (nSPS) is 12.5. The summed E-state index contributed by atoms with van der Waals surface area (Å²) in [5, 5.41) is 0.908. The van der Waals surface area contributed by atoms with Gasteiger partial charge in [0.25, 0.3) is 0 Å². The van der Waals surface area contributed by atoms with E-state index >= 15 is 0 Å². The molecule has 0 aliphatic heterocycles. The first-order valence-corrected chi connectivity index (χ1v) is 6.89. The summed E-state index contributed by atoms with van der Waals surface area (Å²) in [4.78, 5) is 11.2. The van der Waals surface area contributed by atoms with Crippen molar-refractivity contribution in [3.05, 3.63) is 40.8 Å². The van der Waals surface area contributed by atoms with Crippen LogP contribution in [0.25, 0.3) is 11.0 Å². The summed E-state index contributed by atoms with van der Waals surface area (Å²) in [6.45, 7) is 4.26. The van der Waals surface area contributed by atoms with Crippen molar-refractivity contribution in [2.24, 2.45) is 0 Å². The zero-order chi connectivity index (χ0) is 13.7. The van der Waals surface area contributed by atoms with Gasteiger partial charge in [-0.25, -0.2) is 4.79 Å². The highest BCUT2D eigenvalue weighted by Gasteiger charge is 2.05. The Bertz CT molecular complexity index is 586. The molecule has 1 unspecified atom stereocenters. The molecule has 1 aromatic carbocycles. The lowest BCUT2D eigenvalue weighted by molar-refractivity contribution is 0.206. The van der Waals surface area contributed by atoms with Crippen LogP contribution in [-0.2, 0) is 0 Å². The predicted octanol–water partition coefficient (Wildman–Crippen LogP) is 4.14. The maximum atomic E-state index is 11.2. The monoisotopic (exact) mass is 260 g/mol. The van der Waals surface area contributed by atoms with Crippen LogP contribution in [0.4, 0.5) is 0 Å². The number of ether oxygens (including phenoxy) is 1. The van der Waals surface area contributed by atoms with Gasteiger partial charge in [0, 0.05) is 17.5 Å². The second kappa shape index (κ2) is 6.41. The van der Waals surface area contributed by atoms with Crippen LogP contribution in [0, 0.1) is 0 Å². The molecule has 1 atom stereocenters. The molecule has 102 valence electrons. The first-order chi connectivity index (χ1) is 9.19. The summed E-state index contributed by atoms with van der Waals surface area (Å²) in [6, 6.07) is 8.80. The van der Waals surface area contributed by atoms with Crippen molar-refractivity contribution in [2.75, 3.05) is 0 Å². The summed E-state index contributed by atoms with van der Waals surface area (Å²) in [7, 11) is 0. The van der Waals surface area contributed by atoms with E-state index in [0.717, 1.165) is 17.6 Å². The second-order valence-corrected chi connectivity index (χ2v) is 4.88. The van der Waals surface area contributed by atoms with Crippen molar-refractivity contribution in [3.63, 3.8) is 0 Å². The van der Waals surface area contributed by atoms with Crippen LogP contribution in [0.1, 0.15) is 39.5 Å². The average Bonchev–Trinajstić information content (AvgIpc) is 2.38. The second-order valence-electron chi connectivity index (χ2n) is 4.88. The fourth-order valence-electron chi connectivity index (χ4n) is 2.09. The maximum absolute atomic E-state index is 11.2. The minimum atomic E-state index is -0.333. The van der Waals surface area contributed by atoms with Gasteiger partial charge in [0.05, 0.1) is 6.10 Å². The molecule has 0 saturated carbocycles. The first kappa shape index (κ1) is 13.7. The Morgan fingerprint density at radius 3 is 2.79 bits per heavy atom. The van der Waals surface area contributed by atoms with E-state index in [1.54, 1.807) is 12.1 Å². The number of hydrogen-bond acceptors (Lipinski definition) is 3. The minimum absolute atomic E-state index is 0.180. The Morgan fingerprint density at radius 2 is 2.00 bits per heavy atom. The highest BCUT2D eigenvalue weighted by molar-refractivity contribution is 5.77. The minimum Gasteiger partial charge on any atom is -0.491 e. The van der Waals surface area contributed by atoms with E-state index in [2.05, 4.69) is 13.8 Å². The molecule has 0 amide bonds. The van der Waals surface area contributed by atoms with Crippen molar-refractivity contribution in [1.82, 2.24) is 0 Å². The van der Waals surface area contributed by atoms with E-state index in [1.165, 1.54) is 25.3 Å². The predicted molar refractivity (Wildman–Crippen MR) is 76.7 cm³/mol. The van der Waals surface area contributed by atoms with Crippen molar-refractivity contribution < 1.29 is 9.15 Å². The summed E-state index contributed by atoms with van der Waals surface area (Å²) < 4.78 is 11.0. The van der Waals surface area contributed by atoms with Gasteiger partial charge < -0.3 is 9.15 Å². The molecule has 0 radical (unpaired) electrons. The molecule has 1 aromatic heterocycles. The van der Waals surface area contributed by atoms with E-state index in [1.807, 2.05) is 12.1 Å². The summed E-state index contributed by atoms with van der Waals surface area (Å²) >= 11 is 0. The molecule has 0 N–H and O–H groups in total. The average molecular weight is 260 g/mol. The van der Waals surface area contributed by atoms with Crippen molar-refractivity contribution >= 4 is 11.0 Å². The van der Waals surface area contributed by atoms with Gasteiger partial charge in [-0.2, -0.15) is 0 Å². The maximum Gasteiger partial charge on any atom is 0.336 e. The van der Waals surface area contributed by atoms with Gasteiger partial charge in [-0.1, -0.05) is 19.8 Å². The fraction of sp³-hybridized carbons (Fsp3) is 0.438. The highest BCUT2D eigenvalue weighted by atomic mass is 16.5. The molecule has 0 aliphatic rings. The lowest BCUT2D eigenvalue weighted by Crippen LogP contribution is -2.11. The molecule has 0 saturated heterocycles. The van der Waals surface area contributed by atoms with E-state index in [-0.39, 0.29) is 11.7 Å². The van der Waals surface area contributed by atoms with E-state index in [9.17, 15) is 4.79 Å². The molecular weight excluding hydrogens is 240 g/mol. The topological polar surface area (TPSA) is 39.4 Å². The quantitative estimate of drug-likeness (QED) is 0.579. The van der Waals surface area contributed by atoms with Crippen LogP contribution in [0.2, 0.25) is 0 Å². The zero-order valence-corrected chi connectivity index (χ0v) is 11.5. The summed E-state index contributed by atoms with van der Waals surface area (Å²) in [5.74, 6) is 0.755. The number of hydrogen-bond donors (Lipinski definition) is 0. The third kappa shape index (κ3) is 3.85. The van der Waals surface area contributed by atoms with Gasteiger partial charge in [0.15, 0.2) is 0 Å². The summed E-state index contributed by atoms with van der Waals surface area (Å²) in [5.41, 5.74) is 0.242. The highest BCUT2D eigenvalue weighted by Crippen LogP contribution is 2.21. The van der Waals surface area contributed by atoms with E-state index in [0.29, 0.717) is 5.58 Å². The lowest BCUT2D eigenvalue weighted by Gasteiger charge is -2.14. The van der Waals surface area contributed by atoms with E-state index < -0.39 is 0 Å². The molecule has 0 bridgehead atoms. The first-order valence-electron chi connectivity index (χ1n) is 6.89. The number of benzene rings is 1. The van der Waals surface area contributed by atoms with Crippen LogP contribution in [0.15, 0.2) is 39.5 Å². The third-order valence-electron chi connectivity index (χ3n) is 3.15. The van der Waals surface area contributed by atoms with Gasteiger partial charge in [-0.15, -0.1) is 0 Å². The molecule has 0 spiro atoms. The molecule has 3 nitrogen and oxygen atoms in total. The van der Waals surface area contributed by atoms with Crippen LogP contribution in [0.5, 0.6) is 5.75 Å². The molecule has 3 heteroatoms. The Hall–Kier alpha value is -1.77. The molecule has 0 aliphatic carbocycles. The van der Waals surface area contributed by atoms with Gasteiger partial charge in [0.2, 0.25) is 0 Å². The SMILES string of the molecule is CCCCCC(C)Oc1ccc2ccc(=O)oc2c1. The van der Waals surface area contributed by atoms with Crippen molar-refractivity contribution in [3.8, 4) is 5.75 Å². The van der Waals surface area contributed by atoms with E-state index in [4.69, 9.17) is 9.15 Å². The molecule has 2 aromatic rings. The van der Waals surface area contributed by atoms with Crippen LogP contribution >= 0.6 is 0 Å². The number of rotatable bonds is 6. The number of fused-ring (bicyclic) bond motifs is 1. The third-order valence-corrected chi connectivity index (χ3v) is 3.15. The van der Waals surface area contributed by atoms with Gasteiger partial charge in [0.1, 0.15) is 11.3 Å². The summed E-state index contributed by atoms with van der Waals surface area (Å²) in [6.07, 6.45) is 4.86. The fourth-order valence-corrected chi connectivity index (χ4v) is 2.09. The lowest BCUT2D eigenvalue weighted by atomic mass is 10.1. The van der Waals surface area contributed by atoms with Crippen molar-refractivity contribution in [1.29, 1.82) is 0 Å². The molecule has 0 fully saturated rings. The Kier molecular flexibility index (Phi) is 4.61. The van der Waals surface area contributed by atoms with Crippen LogP contribution < -0.4 is 10.4 Å². The van der Waals surface area contributed by atoms with Crippen molar-refractivity contribution in [2.45, 2.75) is 45.6 Å². The standard InChI is InChI=1S/C16H20O3/c1-3-4-5-6-12(2)18-14-9-7-13-8-10-16(17)19-15(13)11-14/h7-12H,3-6H2,1-2H3. The largest absolute Gasteiger partial charge is 0.491 e. The molecular formula is C16H20O3. The smallest absolute Gasteiger partial charge is 0.336 e. The molecule has 2 rings (SSSR count). The number of unbranched alkanes of at least 4 members (excludes halogenated alkanes) is 2.